The van der Waals surface area contributed by atoms with Crippen molar-refractivity contribution in [2.45, 2.75) is 33.0 Å². The molecular weight excluding hydrogens is 298 g/mol. The summed E-state index contributed by atoms with van der Waals surface area (Å²) in [6, 6.07) is 4.69. The number of thiophene rings is 1. The van der Waals surface area contributed by atoms with E-state index in [0.29, 0.717) is 6.04 Å². The Labute approximate surface area is 114 Å². The maximum absolute atomic E-state index is 4.19. The molecule has 2 aromatic rings. The van der Waals surface area contributed by atoms with Gasteiger partial charge in [0.2, 0.25) is 0 Å². The van der Waals surface area contributed by atoms with E-state index < -0.39 is 0 Å². The summed E-state index contributed by atoms with van der Waals surface area (Å²) >= 11 is 5.24. The quantitative estimate of drug-likeness (QED) is 0.914. The number of hydrogen-bond acceptors (Lipinski definition) is 3. The third kappa shape index (κ3) is 3.40. The summed E-state index contributed by atoms with van der Waals surface area (Å²) in [5, 5.41) is 3.44. The predicted molar refractivity (Wildman–Crippen MR) is 75.2 cm³/mol. The molecular formula is C12H16BrN3S. The van der Waals surface area contributed by atoms with E-state index in [-0.39, 0.29) is 0 Å². The van der Waals surface area contributed by atoms with Gasteiger partial charge in [0.05, 0.1) is 15.8 Å². The zero-order valence-corrected chi connectivity index (χ0v) is 12.4. The van der Waals surface area contributed by atoms with Gasteiger partial charge >= 0.3 is 0 Å². The van der Waals surface area contributed by atoms with Crippen molar-refractivity contribution in [3.05, 3.63) is 39.0 Å². The molecule has 0 amide bonds. The summed E-state index contributed by atoms with van der Waals surface area (Å²) in [6.07, 6.45) is 3.82. The zero-order chi connectivity index (χ0) is 12.3. The van der Waals surface area contributed by atoms with Gasteiger partial charge in [-0.25, -0.2) is 4.98 Å². The van der Waals surface area contributed by atoms with E-state index in [0.717, 1.165) is 13.1 Å². The smallest absolute Gasteiger partial charge is 0.0951 e. The predicted octanol–water partition coefficient (Wildman–Crippen LogP) is 3.58. The molecule has 3 nitrogen and oxygen atoms in total. The number of nitrogens with one attached hydrogen (secondary N) is 1. The van der Waals surface area contributed by atoms with Crippen molar-refractivity contribution in [3.63, 3.8) is 0 Å². The van der Waals surface area contributed by atoms with Gasteiger partial charge in [-0.2, -0.15) is 0 Å². The maximum atomic E-state index is 4.19. The topological polar surface area (TPSA) is 29.9 Å². The summed E-state index contributed by atoms with van der Waals surface area (Å²) in [6.45, 7) is 6.09. The molecule has 0 aliphatic heterocycles. The third-order valence-electron chi connectivity index (χ3n) is 2.54. The van der Waals surface area contributed by atoms with E-state index in [1.54, 1.807) is 11.3 Å². The van der Waals surface area contributed by atoms with Crippen LogP contribution in [0.4, 0.5) is 0 Å². The van der Waals surface area contributed by atoms with Crippen molar-refractivity contribution in [2.24, 2.45) is 0 Å². The summed E-state index contributed by atoms with van der Waals surface area (Å²) in [5.74, 6) is 0. The SMILES string of the molecule is CC(C)n1cncc1CNCc1ccc(Br)s1. The molecule has 0 unspecified atom stereocenters. The minimum absolute atomic E-state index is 0.463. The molecule has 0 aromatic carbocycles. The molecule has 0 atom stereocenters. The Morgan fingerprint density at radius 3 is 2.88 bits per heavy atom. The number of aromatic nitrogens is 2. The molecule has 0 saturated carbocycles. The second kappa shape index (κ2) is 5.80. The molecule has 0 fully saturated rings. The van der Waals surface area contributed by atoms with Crippen LogP contribution >= 0.6 is 27.3 Å². The molecule has 5 heteroatoms. The van der Waals surface area contributed by atoms with E-state index in [1.165, 1.54) is 14.4 Å². The zero-order valence-electron chi connectivity index (χ0n) is 9.98. The highest BCUT2D eigenvalue weighted by Gasteiger charge is 2.05. The highest BCUT2D eigenvalue weighted by atomic mass is 79.9. The van der Waals surface area contributed by atoms with Gasteiger partial charge in [0, 0.05) is 30.2 Å². The molecule has 0 bridgehead atoms. The van der Waals surface area contributed by atoms with Gasteiger partial charge in [-0.05, 0) is 41.9 Å². The molecule has 2 aromatic heterocycles. The fraction of sp³-hybridized carbons (Fsp3) is 0.417. The molecule has 2 heterocycles. The largest absolute Gasteiger partial charge is 0.331 e. The first-order valence-corrected chi connectivity index (χ1v) is 7.23. The maximum Gasteiger partial charge on any atom is 0.0951 e. The fourth-order valence-corrected chi connectivity index (χ4v) is 3.15. The van der Waals surface area contributed by atoms with E-state index in [2.05, 4.69) is 56.8 Å². The van der Waals surface area contributed by atoms with Crippen LogP contribution in [-0.2, 0) is 13.1 Å². The molecule has 0 saturated heterocycles. The summed E-state index contributed by atoms with van der Waals surface area (Å²) < 4.78 is 3.37. The monoisotopic (exact) mass is 313 g/mol. The first-order chi connectivity index (χ1) is 8.16. The first kappa shape index (κ1) is 12.8. The lowest BCUT2D eigenvalue weighted by Gasteiger charge is -2.11. The molecule has 92 valence electrons. The van der Waals surface area contributed by atoms with Crippen molar-refractivity contribution >= 4 is 27.3 Å². The van der Waals surface area contributed by atoms with Crippen LogP contribution in [0.1, 0.15) is 30.5 Å². The second-order valence-electron chi connectivity index (χ2n) is 4.20. The minimum Gasteiger partial charge on any atom is -0.331 e. The van der Waals surface area contributed by atoms with Crippen LogP contribution in [0.15, 0.2) is 28.4 Å². The molecule has 0 aliphatic rings. The average Bonchev–Trinajstić information content (AvgIpc) is 2.87. The number of imidazole rings is 1. The van der Waals surface area contributed by atoms with Crippen molar-refractivity contribution in [1.29, 1.82) is 0 Å². The lowest BCUT2D eigenvalue weighted by Crippen LogP contribution is -2.15. The highest BCUT2D eigenvalue weighted by molar-refractivity contribution is 9.11. The van der Waals surface area contributed by atoms with Gasteiger partial charge < -0.3 is 9.88 Å². The van der Waals surface area contributed by atoms with Gasteiger partial charge in [0.15, 0.2) is 0 Å². The summed E-state index contributed by atoms with van der Waals surface area (Å²) in [5.41, 5.74) is 1.23. The Morgan fingerprint density at radius 1 is 1.41 bits per heavy atom. The van der Waals surface area contributed by atoms with Crippen LogP contribution in [0.25, 0.3) is 0 Å². The number of nitrogens with zero attached hydrogens (tertiary/aromatic N) is 2. The van der Waals surface area contributed by atoms with Gasteiger partial charge in [-0.1, -0.05) is 0 Å². The van der Waals surface area contributed by atoms with Gasteiger partial charge in [0.1, 0.15) is 0 Å². The minimum atomic E-state index is 0.463. The van der Waals surface area contributed by atoms with Crippen LogP contribution in [0, 0.1) is 0 Å². The van der Waals surface area contributed by atoms with E-state index >= 15 is 0 Å². The van der Waals surface area contributed by atoms with E-state index in [9.17, 15) is 0 Å². The van der Waals surface area contributed by atoms with Gasteiger partial charge in [0.25, 0.3) is 0 Å². The Morgan fingerprint density at radius 2 is 2.24 bits per heavy atom. The lowest BCUT2D eigenvalue weighted by molar-refractivity contribution is 0.551. The van der Waals surface area contributed by atoms with Crippen LogP contribution in [0.2, 0.25) is 0 Å². The molecule has 2 rings (SSSR count). The van der Waals surface area contributed by atoms with Crippen LogP contribution < -0.4 is 5.32 Å². The lowest BCUT2D eigenvalue weighted by atomic mass is 10.3. The number of hydrogen-bond donors (Lipinski definition) is 1. The van der Waals surface area contributed by atoms with Crippen LogP contribution in [0.5, 0.6) is 0 Å². The number of rotatable bonds is 5. The molecule has 0 aliphatic carbocycles. The van der Waals surface area contributed by atoms with Crippen LogP contribution in [0.3, 0.4) is 0 Å². The van der Waals surface area contributed by atoms with E-state index in [1.807, 2.05) is 12.5 Å². The van der Waals surface area contributed by atoms with Crippen molar-refractivity contribution in [1.82, 2.24) is 14.9 Å². The Bertz CT molecular complexity index is 476. The number of halogens is 1. The van der Waals surface area contributed by atoms with Crippen molar-refractivity contribution < 1.29 is 0 Å². The van der Waals surface area contributed by atoms with Gasteiger partial charge in [-0.3, -0.25) is 0 Å². The normalized spacial score (nSPS) is 11.3. The third-order valence-corrected chi connectivity index (χ3v) is 4.16. The first-order valence-electron chi connectivity index (χ1n) is 5.62. The van der Waals surface area contributed by atoms with Crippen molar-refractivity contribution in [2.75, 3.05) is 0 Å². The Balaban J connectivity index is 1.88. The standard InChI is InChI=1S/C12H16BrN3S/c1-9(2)16-8-15-6-10(16)5-14-7-11-3-4-12(13)17-11/h3-4,6,8-9,14H,5,7H2,1-2H3. The summed E-state index contributed by atoms with van der Waals surface area (Å²) in [4.78, 5) is 5.53. The second-order valence-corrected chi connectivity index (χ2v) is 6.74. The molecule has 0 spiro atoms. The Hall–Kier alpha value is -0.650. The van der Waals surface area contributed by atoms with Gasteiger partial charge in [-0.15, -0.1) is 11.3 Å². The molecule has 1 N–H and O–H groups in total. The van der Waals surface area contributed by atoms with Crippen LogP contribution in [-0.4, -0.2) is 9.55 Å². The fourth-order valence-electron chi connectivity index (χ4n) is 1.69. The van der Waals surface area contributed by atoms with Crippen molar-refractivity contribution in [3.8, 4) is 0 Å². The average molecular weight is 314 g/mol. The van der Waals surface area contributed by atoms with E-state index in [4.69, 9.17) is 0 Å². The highest BCUT2D eigenvalue weighted by Crippen LogP contribution is 2.21. The Kier molecular flexibility index (Phi) is 4.36. The summed E-state index contributed by atoms with van der Waals surface area (Å²) in [7, 11) is 0. The molecule has 17 heavy (non-hydrogen) atoms. The molecule has 0 radical (unpaired) electrons.